The topological polar surface area (TPSA) is 35.5 Å². The van der Waals surface area contributed by atoms with Gasteiger partial charge in [0.15, 0.2) is 0 Å². The zero-order chi connectivity index (χ0) is 11.4. The molecule has 2 rings (SSSR count). The lowest BCUT2D eigenvalue weighted by molar-refractivity contribution is -0.137. The molecule has 2 aliphatic heterocycles. The Balaban J connectivity index is 1.88. The highest BCUT2D eigenvalue weighted by molar-refractivity contribution is 5.81. The van der Waals surface area contributed by atoms with Gasteiger partial charge in [-0.05, 0) is 19.3 Å². The molecule has 2 aliphatic rings. The smallest absolute Gasteiger partial charge is 0.136 e. The predicted molar refractivity (Wildman–Crippen MR) is 61.4 cm³/mol. The van der Waals surface area contributed by atoms with E-state index in [9.17, 15) is 4.79 Å². The lowest BCUT2D eigenvalue weighted by atomic mass is 9.82. The molecule has 0 amide bonds. The number of hydrogen-bond acceptors (Lipinski definition) is 3. The van der Waals surface area contributed by atoms with Gasteiger partial charge < -0.3 is 9.47 Å². The van der Waals surface area contributed by atoms with Crippen LogP contribution in [0.5, 0.6) is 0 Å². The summed E-state index contributed by atoms with van der Waals surface area (Å²) < 4.78 is 11.2. The van der Waals surface area contributed by atoms with E-state index in [-0.39, 0.29) is 11.5 Å². The number of carbonyl (C=O) groups is 1. The van der Waals surface area contributed by atoms with E-state index in [0.29, 0.717) is 12.4 Å². The van der Waals surface area contributed by atoms with Crippen molar-refractivity contribution in [3.63, 3.8) is 0 Å². The van der Waals surface area contributed by atoms with Crippen LogP contribution in [0.4, 0.5) is 0 Å². The lowest BCUT2D eigenvalue weighted by Gasteiger charge is -2.36. The van der Waals surface area contributed by atoms with Crippen LogP contribution in [0.3, 0.4) is 0 Å². The molecule has 3 heteroatoms. The molecule has 16 heavy (non-hydrogen) atoms. The summed E-state index contributed by atoms with van der Waals surface area (Å²) in [5.74, 6) is 0.665. The standard InChI is InChI=1S/C13H22O3/c1-2-3-4-12(14)11-5-7-16-13(9-11)6-8-15-10-13/h11H,2-10H2,1H3. The second kappa shape index (κ2) is 5.28. The van der Waals surface area contributed by atoms with E-state index in [0.717, 1.165) is 51.7 Å². The normalized spacial score (nSPS) is 34.4. The summed E-state index contributed by atoms with van der Waals surface area (Å²) in [6.45, 7) is 4.33. The van der Waals surface area contributed by atoms with Crippen LogP contribution in [0, 0.1) is 5.92 Å². The average Bonchev–Trinajstić information content (AvgIpc) is 2.74. The summed E-state index contributed by atoms with van der Waals surface area (Å²) in [5, 5.41) is 0. The molecule has 0 radical (unpaired) electrons. The number of unbranched alkanes of at least 4 members (excludes halogenated alkanes) is 1. The van der Waals surface area contributed by atoms with E-state index in [1.165, 1.54) is 0 Å². The third-order valence-electron chi connectivity index (χ3n) is 3.79. The molecule has 2 saturated heterocycles. The maximum absolute atomic E-state index is 12.0. The maximum atomic E-state index is 12.0. The van der Waals surface area contributed by atoms with Crippen LogP contribution in [-0.4, -0.2) is 31.2 Å². The molecular weight excluding hydrogens is 204 g/mol. The Morgan fingerprint density at radius 3 is 3.00 bits per heavy atom. The first kappa shape index (κ1) is 12.1. The van der Waals surface area contributed by atoms with Gasteiger partial charge >= 0.3 is 0 Å². The van der Waals surface area contributed by atoms with Crippen LogP contribution in [-0.2, 0) is 14.3 Å². The molecule has 0 aromatic rings. The summed E-state index contributed by atoms with van der Waals surface area (Å²) in [4.78, 5) is 12.0. The van der Waals surface area contributed by atoms with Gasteiger partial charge in [-0.25, -0.2) is 0 Å². The second-order valence-electron chi connectivity index (χ2n) is 5.09. The van der Waals surface area contributed by atoms with Crippen molar-refractivity contribution in [3.8, 4) is 0 Å². The van der Waals surface area contributed by atoms with Crippen LogP contribution in [0.1, 0.15) is 45.4 Å². The molecule has 92 valence electrons. The van der Waals surface area contributed by atoms with Gasteiger partial charge in [0.1, 0.15) is 5.78 Å². The van der Waals surface area contributed by atoms with E-state index in [1.54, 1.807) is 0 Å². The monoisotopic (exact) mass is 226 g/mol. The molecule has 0 bridgehead atoms. The average molecular weight is 226 g/mol. The molecule has 0 aliphatic carbocycles. The van der Waals surface area contributed by atoms with Crippen molar-refractivity contribution in [1.29, 1.82) is 0 Å². The second-order valence-corrected chi connectivity index (χ2v) is 5.09. The van der Waals surface area contributed by atoms with Gasteiger partial charge in [-0.2, -0.15) is 0 Å². The number of ketones is 1. The lowest BCUT2D eigenvalue weighted by Crippen LogP contribution is -2.42. The van der Waals surface area contributed by atoms with Crippen molar-refractivity contribution >= 4 is 5.78 Å². The molecule has 1 spiro atoms. The highest BCUT2D eigenvalue weighted by Crippen LogP contribution is 2.36. The molecule has 0 aromatic heterocycles. The van der Waals surface area contributed by atoms with Gasteiger partial charge in [0.05, 0.1) is 12.2 Å². The molecule has 2 atom stereocenters. The molecule has 2 heterocycles. The third kappa shape index (κ3) is 2.64. The Bertz CT molecular complexity index is 244. The minimum atomic E-state index is -0.120. The Hall–Kier alpha value is -0.410. The molecule has 2 fully saturated rings. The van der Waals surface area contributed by atoms with Gasteiger partial charge in [0.2, 0.25) is 0 Å². The van der Waals surface area contributed by atoms with Crippen LogP contribution in [0.2, 0.25) is 0 Å². The van der Waals surface area contributed by atoms with Gasteiger partial charge in [-0.1, -0.05) is 13.3 Å². The van der Waals surface area contributed by atoms with Crippen molar-refractivity contribution in [2.75, 3.05) is 19.8 Å². The number of rotatable bonds is 4. The first-order chi connectivity index (χ1) is 7.76. The fraction of sp³-hybridized carbons (Fsp3) is 0.923. The Labute approximate surface area is 97.5 Å². The van der Waals surface area contributed by atoms with Crippen LogP contribution < -0.4 is 0 Å². The van der Waals surface area contributed by atoms with Crippen LogP contribution in [0.25, 0.3) is 0 Å². The highest BCUT2D eigenvalue weighted by Gasteiger charge is 2.42. The summed E-state index contributed by atoms with van der Waals surface area (Å²) >= 11 is 0. The van der Waals surface area contributed by atoms with Gasteiger partial charge in [0.25, 0.3) is 0 Å². The molecule has 0 aromatic carbocycles. The molecule has 2 unspecified atom stereocenters. The third-order valence-corrected chi connectivity index (χ3v) is 3.79. The number of carbonyl (C=O) groups excluding carboxylic acids is 1. The van der Waals surface area contributed by atoms with Gasteiger partial charge in [-0.3, -0.25) is 4.79 Å². The Morgan fingerprint density at radius 1 is 1.44 bits per heavy atom. The number of Topliss-reactive ketones (excluding diaryl/α,β-unsaturated/α-hetero) is 1. The van der Waals surface area contributed by atoms with Crippen LogP contribution >= 0.6 is 0 Å². The fourth-order valence-corrected chi connectivity index (χ4v) is 2.72. The van der Waals surface area contributed by atoms with Crippen LogP contribution in [0.15, 0.2) is 0 Å². The molecule has 0 saturated carbocycles. The van der Waals surface area contributed by atoms with E-state index < -0.39 is 0 Å². The SMILES string of the molecule is CCCCC(=O)C1CCOC2(CCOC2)C1. The first-order valence-corrected chi connectivity index (χ1v) is 6.50. The quantitative estimate of drug-likeness (QED) is 0.738. The van der Waals surface area contributed by atoms with Crippen molar-refractivity contribution in [3.05, 3.63) is 0 Å². The van der Waals surface area contributed by atoms with Gasteiger partial charge in [0, 0.05) is 32.0 Å². The summed E-state index contributed by atoms with van der Waals surface area (Å²) in [5.41, 5.74) is -0.120. The van der Waals surface area contributed by atoms with Crippen molar-refractivity contribution in [2.24, 2.45) is 5.92 Å². The van der Waals surface area contributed by atoms with E-state index >= 15 is 0 Å². The minimum absolute atomic E-state index is 0.120. The largest absolute Gasteiger partial charge is 0.378 e. The van der Waals surface area contributed by atoms with Gasteiger partial charge in [-0.15, -0.1) is 0 Å². The Kier molecular flexibility index (Phi) is 3.98. The fourth-order valence-electron chi connectivity index (χ4n) is 2.72. The highest BCUT2D eigenvalue weighted by atomic mass is 16.6. The summed E-state index contributed by atoms with van der Waals surface area (Å²) in [6.07, 6.45) is 5.63. The van der Waals surface area contributed by atoms with Crippen molar-refractivity contribution in [2.45, 2.75) is 51.0 Å². The summed E-state index contributed by atoms with van der Waals surface area (Å²) in [6, 6.07) is 0. The zero-order valence-corrected chi connectivity index (χ0v) is 10.2. The first-order valence-electron chi connectivity index (χ1n) is 6.50. The molecule has 3 nitrogen and oxygen atoms in total. The zero-order valence-electron chi connectivity index (χ0n) is 10.2. The Morgan fingerprint density at radius 2 is 2.31 bits per heavy atom. The van der Waals surface area contributed by atoms with E-state index in [1.807, 2.05) is 0 Å². The summed E-state index contributed by atoms with van der Waals surface area (Å²) in [7, 11) is 0. The van der Waals surface area contributed by atoms with Crippen molar-refractivity contribution in [1.82, 2.24) is 0 Å². The van der Waals surface area contributed by atoms with E-state index in [2.05, 4.69) is 6.92 Å². The van der Waals surface area contributed by atoms with E-state index in [4.69, 9.17) is 9.47 Å². The predicted octanol–water partition coefficient (Wildman–Crippen LogP) is 2.33. The maximum Gasteiger partial charge on any atom is 0.136 e. The van der Waals surface area contributed by atoms with Crippen molar-refractivity contribution < 1.29 is 14.3 Å². The number of hydrogen-bond donors (Lipinski definition) is 0. The number of ether oxygens (including phenoxy) is 2. The molecule has 0 N–H and O–H groups in total. The molecular formula is C13H22O3. The minimum Gasteiger partial charge on any atom is -0.378 e.